The topological polar surface area (TPSA) is 65.2 Å². The van der Waals surface area contributed by atoms with E-state index < -0.39 is 5.41 Å². The van der Waals surface area contributed by atoms with E-state index in [-0.39, 0.29) is 12.5 Å². The van der Waals surface area contributed by atoms with E-state index in [4.69, 9.17) is 10.5 Å². The molecule has 4 heteroatoms. The van der Waals surface area contributed by atoms with Crippen LogP contribution in [-0.2, 0) is 21.4 Å². The highest BCUT2D eigenvalue weighted by atomic mass is 16.5. The minimum atomic E-state index is -0.862. The molecule has 2 aromatic rings. The Hall–Kier alpha value is -2.20. The van der Waals surface area contributed by atoms with Crippen LogP contribution in [0.4, 0.5) is 0 Å². The fraction of sp³-hybridized carbons (Fsp3) is 0.294. The SMILES string of the molecule is CCOC(=O)C(CN)(Cc1ccncc1)c1ccccc1. The quantitative estimate of drug-likeness (QED) is 0.825. The van der Waals surface area contributed by atoms with Gasteiger partial charge >= 0.3 is 5.97 Å². The normalized spacial score (nSPS) is 13.4. The second-order valence-corrected chi connectivity index (χ2v) is 4.90. The van der Waals surface area contributed by atoms with Crippen LogP contribution < -0.4 is 5.73 Å². The Morgan fingerprint density at radius 3 is 2.43 bits per heavy atom. The molecule has 0 amide bonds. The van der Waals surface area contributed by atoms with Crippen LogP contribution in [0.15, 0.2) is 54.9 Å². The summed E-state index contributed by atoms with van der Waals surface area (Å²) in [5.74, 6) is -0.282. The fourth-order valence-electron chi connectivity index (χ4n) is 2.44. The molecular weight excluding hydrogens is 264 g/mol. The first-order valence-electron chi connectivity index (χ1n) is 7.04. The summed E-state index contributed by atoms with van der Waals surface area (Å²) in [6, 6.07) is 13.4. The standard InChI is InChI=1S/C17H20N2O2/c1-2-21-16(20)17(13-18,15-6-4-3-5-7-15)12-14-8-10-19-11-9-14/h3-11H,2,12-13,18H2,1H3. The summed E-state index contributed by atoms with van der Waals surface area (Å²) in [7, 11) is 0. The third-order valence-electron chi connectivity index (χ3n) is 3.60. The van der Waals surface area contributed by atoms with Crippen LogP contribution in [0.5, 0.6) is 0 Å². The van der Waals surface area contributed by atoms with Crippen molar-refractivity contribution in [3.8, 4) is 0 Å². The van der Waals surface area contributed by atoms with Crippen LogP contribution >= 0.6 is 0 Å². The van der Waals surface area contributed by atoms with Crippen molar-refractivity contribution in [3.05, 3.63) is 66.0 Å². The number of hydrogen-bond donors (Lipinski definition) is 1. The lowest BCUT2D eigenvalue weighted by atomic mass is 9.75. The number of aromatic nitrogens is 1. The van der Waals surface area contributed by atoms with Crippen molar-refractivity contribution in [2.45, 2.75) is 18.8 Å². The molecule has 2 rings (SSSR count). The smallest absolute Gasteiger partial charge is 0.318 e. The number of hydrogen-bond acceptors (Lipinski definition) is 4. The third-order valence-corrected chi connectivity index (χ3v) is 3.60. The van der Waals surface area contributed by atoms with Crippen molar-refractivity contribution >= 4 is 5.97 Å². The highest BCUT2D eigenvalue weighted by molar-refractivity contribution is 5.84. The Kier molecular flexibility index (Phi) is 5.06. The molecule has 1 aromatic carbocycles. The molecule has 1 atom stereocenters. The molecule has 0 bridgehead atoms. The molecule has 0 saturated carbocycles. The van der Waals surface area contributed by atoms with Gasteiger partial charge in [0.25, 0.3) is 0 Å². The van der Waals surface area contributed by atoms with Crippen molar-refractivity contribution < 1.29 is 9.53 Å². The molecule has 21 heavy (non-hydrogen) atoms. The number of carbonyl (C=O) groups excluding carboxylic acids is 1. The number of benzene rings is 1. The van der Waals surface area contributed by atoms with Crippen LogP contribution in [0.25, 0.3) is 0 Å². The average molecular weight is 284 g/mol. The highest BCUT2D eigenvalue weighted by Gasteiger charge is 2.40. The van der Waals surface area contributed by atoms with E-state index in [9.17, 15) is 4.79 Å². The van der Waals surface area contributed by atoms with E-state index >= 15 is 0 Å². The maximum atomic E-state index is 12.6. The maximum Gasteiger partial charge on any atom is 0.318 e. The van der Waals surface area contributed by atoms with Gasteiger partial charge in [0, 0.05) is 18.9 Å². The molecule has 1 unspecified atom stereocenters. The van der Waals surface area contributed by atoms with Crippen LogP contribution in [0.1, 0.15) is 18.1 Å². The van der Waals surface area contributed by atoms with Crippen molar-refractivity contribution in [3.63, 3.8) is 0 Å². The monoisotopic (exact) mass is 284 g/mol. The van der Waals surface area contributed by atoms with Crippen molar-refractivity contribution in [2.24, 2.45) is 5.73 Å². The largest absolute Gasteiger partial charge is 0.465 e. The van der Waals surface area contributed by atoms with Gasteiger partial charge in [0.05, 0.1) is 6.61 Å². The van der Waals surface area contributed by atoms with Gasteiger partial charge in [-0.1, -0.05) is 30.3 Å². The van der Waals surface area contributed by atoms with E-state index in [0.29, 0.717) is 13.0 Å². The van der Waals surface area contributed by atoms with Crippen LogP contribution in [-0.4, -0.2) is 24.1 Å². The van der Waals surface area contributed by atoms with Gasteiger partial charge in [0.15, 0.2) is 0 Å². The van der Waals surface area contributed by atoms with Gasteiger partial charge in [0.1, 0.15) is 5.41 Å². The summed E-state index contributed by atoms with van der Waals surface area (Å²) in [6.07, 6.45) is 3.92. The molecule has 0 aliphatic heterocycles. The first-order valence-corrected chi connectivity index (χ1v) is 7.04. The molecular formula is C17H20N2O2. The van der Waals surface area contributed by atoms with Gasteiger partial charge in [-0.3, -0.25) is 9.78 Å². The Morgan fingerprint density at radius 1 is 1.19 bits per heavy atom. The van der Waals surface area contributed by atoms with E-state index in [1.165, 1.54) is 0 Å². The number of esters is 1. The summed E-state index contributed by atoms with van der Waals surface area (Å²) in [6.45, 7) is 2.33. The molecule has 110 valence electrons. The molecule has 2 N–H and O–H groups in total. The Morgan fingerprint density at radius 2 is 1.86 bits per heavy atom. The lowest BCUT2D eigenvalue weighted by molar-refractivity contribution is -0.149. The molecule has 0 radical (unpaired) electrons. The number of pyridine rings is 1. The van der Waals surface area contributed by atoms with E-state index in [1.54, 1.807) is 19.3 Å². The third kappa shape index (κ3) is 3.28. The first kappa shape index (κ1) is 15.2. The maximum absolute atomic E-state index is 12.6. The van der Waals surface area contributed by atoms with Crippen LogP contribution in [0, 0.1) is 0 Å². The zero-order valence-electron chi connectivity index (χ0n) is 12.2. The minimum Gasteiger partial charge on any atom is -0.465 e. The van der Waals surface area contributed by atoms with Crippen molar-refractivity contribution in [2.75, 3.05) is 13.2 Å². The summed E-state index contributed by atoms with van der Waals surface area (Å²) >= 11 is 0. The number of ether oxygens (including phenoxy) is 1. The summed E-state index contributed by atoms with van der Waals surface area (Å²) in [4.78, 5) is 16.6. The molecule has 1 aromatic heterocycles. The van der Waals surface area contributed by atoms with Crippen LogP contribution in [0.3, 0.4) is 0 Å². The number of carbonyl (C=O) groups is 1. The van der Waals surface area contributed by atoms with Crippen LogP contribution in [0.2, 0.25) is 0 Å². The molecule has 4 nitrogen and oxygen atoms in total. The van der Waals surface area contributed by atoms with Gasteiger partial charge in [-0.25, -0.2) is 0 Å². The average Bonchev–Trinajstić information content (AvgIpc) is 2.54. The highest BCUT2D eigenvalue weighted by Crippen LogP contribution is 2.29. The Balaban J connectivity index is 2.44. The van der Waals surface area contributed by atoms with Gasteiger partial charge in [-0.15, -0.1) is 0 Å². The Bertz CT molecular complexity index is 572. The molecule has 0 fully saturated rings. The van der Waals surface area contributed by atoms with E-state index in [1.807, 2.05) is 42.5 Å². The Labute approximate surface area is 125 Å². The second-order valence-electron chi connectivity index (χ2n) is 4.90. The number of nitrogens with zero attached hydrogens (tertiary/aromatic N) is 1. The van der Waals surface area contributed by atoms with Gasteiger partial charge in [0.2, 0.25) is 0 Å². The number of rotatable bonds is 6. The zero-order valence-corrected chi connectivity index (χ0v) is 12.2. The first-order chi connectivity index (χ1) is 10.2. The summed E-state index contributed by atoms with van der Waals surface area (Å²) in [5, 5.41) is 0. The second kappa shape index (κ2) is 6.99. The van der Waals surface area contributed by atoms with Crippen molar-refractivity contribution in [1.82, 2.24) is 4.98 Å². The summed E-state index contributed by atoms with van der Waals surface area (Å²) < 4.78 is 5.29. The number of nitrogens with two attached hydrogens (primary N) is 1. The summed E-state index contributed by atoms with van der Waals surface area (Å²) in [5.41, 5.74) is 7.02. The van der Waals surface area contributed by atoms with E-state index in [2.05, 4.69) is 4.98 Å². The van der Waals surface area contributed by atoms with Gasteiger partial charge < -0.3 is 10.5 Å². The van der Waals surface area contributed by atoms with Crippen molar-refractivity contribution in [1.29, 1.82) is 0 Å². The van der Waals surface area contributed by atoms with Gasteiger partial charge in [-0.2, -0.15) is 0 Å². The fourth-order valence-corrected chi connectivity index (χ4v) is 2.44. The minimum absolute atomic E-state index is 0.193. The molecule has 0 aliphatic rings. The molecule has 1 heterocycles. The zero-order chi connectivity index (χ0) is 15.1. The lowest BCUT2D eigenvalue weighted by Crippen LogP contribution is -2.46. The van der Waals surface area contributed by atoms with E-state index in [0.717, 1.165) is 11.1 Å². The lowest BCUT2D eigenvalue weighted by Gasteiger charge is -2.30. The van der Waals surface area contributed by atoms with Gasteiger partial charge in [-0.05, 0) is 36.6 Å². The predicted molar refractivity (Wildman–Crippen MR) is 81.7 cm³/mol. The molecule has 0 aliphatic carbocycles. The molecule has 0 spiro atoms. The molecule has 0 saturated heterocycles. The predicted octanol–water partition coefficient (Wildman–Crippen LogP) is 2.08.